The molecular formula is C44H43BF2N10NaO4. The zero-order valence-corrected chi connectivity index (χ0v) is 36.8. The molecule has 0 bridgehead atoms. The average Bonchev–Trinajstić information content (AvgIpc) is 4.01. The van der Waals surface area contributed by atoms with Gasteiger partial charge in [-0.25, -0.2) is 20.0 Å². The molecule has 0 saturated carbocycles. The SMILES string of the molecule is CCn1cc(C2(c3cccc(-c4cccnc4F)c3)N=C(N)N(C)C2=O)cc1C=O.CCn1cc(C2(c3cccc(-c4cccnc4F)c3)N=C(N)N(C)C2=O)cc1CO.[B].[H-].[Na+]. The molecule has 62 heavy (non-hydrogen) atoms. The average molecular weight is 848 g/mol. The summed E-state index contributed by atoms with van der Waals surface area (Å²) in [5.41, 5.74) is 14.2. The fourth-order valence-corrected chi connectivity index (χ4v) is 7.67. The van der Waals surface area contributed by atoms with Gasteiger partial charge in [0, 0.05) is 88.3 Å². The summed E-state index contributed by atoms with van der Waals surface area (Å²) >= 11 is 0. The Kier molecular flexibility index (Phi) is 14.2. The Bertz CT molecular complexity index is 2710. The molecule has 6 heterocycles. The Morgan fingerprint density at radius 2 is 1.15 bits per heavy atom. The van der Waals surface area contributed by atoms with Gasteiger partial charge in [-0.05, 0) is 84.6 Å². The number of nitrogens with zero attached hydrogens (tertiary/aromatic N) is 8. The first-order valence-electron chi connectivity index (χ1n) is 19.0. The number of hydrogen-bond donors (Lipinski definition) is 3. The van der Waals surface area contributed by atoms with Crippen molar-refractivity contribution in [1.82, 2.24) is 28.9 Å². The van der Waals surface area contributed by atoms with Crippen LogP contribution in [0.3, 0.4) is 0 Å². The van der Waals surface area contributed by atoms with Crippen LogP contribution in [0.5, 0.6) is 0 Å². The molecule has 0 saturated heterocycles. The van der Waals surface area contributed by atoms with Crippen LogP contribution in [0.1, 0.15) is 53.7 Å². The van der Waals surface area contributed by atoms with Gasteiger partial charge in [0.25, 0.3) is 11.8 Å². The second kappa shape index (κ2) is 18.8. The van der Waals surface area contributed by atoms with E-state index in [1.54, 1.807) is 116 Å². The van der Waals surface area contributed by atoms with Crippen molar-refractivity contribution in [1.29, 1.82) is 0 Å². The Balaban J connectivity index is 0.000000264. The smallest absolute Gasteiger partial charge is 1.00 e. The molecule has 14 nitrogen and oxygen atoms in total. The minimum Gasteiger partial charge on any atom is -1.00 e. The molecule has 0 aliphatic carbocycles. The van der Waals surface area contributed by atoms with Gasteiger partial charge in [-0.1, -0.05) is 36.4 Å². The van der Waals surface area contributed by atoms with E-state index >= 15 is 0 Å². The number of pyridine rings is 2. The maximum Gasteiger partial charge on any atom is 1.00 e. The van der Waals surface area contributed by atoms with Crippen molar-refractivity contribution in [3.05, 3.63) is 155 Å². The summed E-state index contributed by atoms with van der Waals surface area (Å²) in [6.07, 6.45) is 7.03. The number of aromatic nitrogens is 4. The number of aryl methyl sites for hydroxylation is 2. The molecule has 311 valence electrons. The van der Waals surface area contributed by atoms with Crippen molar-refractivity contribution < 1.29 is 59.3 Å². The van der Waals surface area contributed by atoms with Crippen LogP contribution in [0, 0.1) is 11.9 Å². The maximum absolute atomic E-state index is 14.3. The predicted molar refractivity (Wildman–Crippen MR) is 228 cm³/mol. The number of carbonyl (C=O) groups excluding carboxylic acids is 3. The van der Waals surface area contributed by atoms with Crippen LogP contribution < -0.4 is 41.0 Å². The van der Waals surface area contributed by atoms with Crippen molar-refractivity contribution in [3.63, 3.8) is 0 Å². The molecule has 8 rings (SSSR count). The predicted octanol–water partition coefficient (Wildman–Crippen LogP) is 1.52. The summed E-state index contributed by atoms with van der Waals surface area (Å²) in [6, 6.07) is 23.9. The fraction of sp³-hybridized carbons (Fsp3) is 0.205. The first kappa shape index (κ1) is 46.8. The van der Waals surface area contributed by atoms with E-state index in [-0.39, 0.29) is 69.7 Å². The maximum atomic E-state index is 14.3. The van der Waals surface area contributed by atoms with Gasteiger partial charge in [-0.3, -0.25) is 24.2 Å². The minimum absolute atomic E-state index is 0. The van der Waals surface area contributed by atoms with Gasteiger partial charge < -0.3 is 27.1 Å². The van der Waals surface area contributed by atoms with Crippen molar-refractivity contribution in [3.8, 4) is 22.3 Å². The van der Waals surface area contributed by atoms with Crippen LogP contribution in [0.15, 0.2) is 120 Å². The fourth-order valence-electron chi connectivity index (χ4n) is 7.67. The standard InChI is InChI=1S/C22H22FN5O2.C22H20FN5O2.B.Na.H/c2*1-3-28-12-16(11-17(28)13-29)22(20(30)27(2)21(24)26-22)15-7-4-6-14(10-15)18-8-5-9-25-19(18)23;;;/h4-12,29H,3,13H2,1-2H3,(H2,24,26);4-13H,3H2,1-2H3,(H2,24,26);;;/q;;;+1;-1. The van der Waals surface area contributed by atoms with E-state index in [1.165, 1.54) is 22.2 Å². The van der Waals surface area contributed by atoms with E-state index in [1.807, 2.05) is 18.4 Å². The summed E-state index contributed by atoms with van der Waals surface area (Å²) in [6.45, 7) is 4.84. The van der Waals surface area contributed by atoms with Crippen molar-refractivity contribution in [2.45, 2.75) is 44.6 Å². The zero-order chi connectivity index (χ0) is 42.9. The summed E-state index contributed by atoms with van der Waals surface area (Å²) in [5.74, 6) is -1.72. The normalized spacial score (nSPS) is 18.0. The summed E-state index contributed by atoms with van der Waals surface area (Å²) in [4.78, 5) is 57.4. The van der Waals surface area contributed by atoms with Crippen LogP contribution in [0.4, 0.5) is 8.78 Å². The van der Waals surface area contributed by atoms with E-state index in [4.69, 9.17) is 11.5 Å². The molecule has 0 spiro atoms. The van der Waals surface area contributed by atoms with Crippen LogP contribution in [-0.4, -0.2) is 86.5 Å². The van der Waals surface area contributed by atoms with Gasteiger partial charge >= 0.3 is 29.6 Å². The van der Waals surface area contributed by atoms with Gasteiger partial charge in [-0.15, -0.1) is 0 Å². The number of nitrogens with two attached hydrogens (primary N) is 2. The number of carbonyl (C=O) groups is 3. The number of likely N-dealkylation sites (N-methyl/N-ethyl adjacent to an activating group) is 2. The Hall–Kier alpha value is -6.27. The van der Waals surface area contributed by atoms with E-state index in [2.05, 4.69) is 20.0 Å². The van der Waals surface area contributed by atoms with Crippen LogP contribution >= 0.6 is 0 Å². The van der Waals surface area contributed by atoms with Gasteiger partial charge in [0.2, 0.25) is 11.9 Å². The number of halogens is 2. The minimum atomic E-state index is -1.47. The van der Waals surface area contributed by atoms with E-state index in [9.17, 15) is 28.3 Å². The van der Waals surface area contributed by atoms with E-state index in [0.29, 0.717) is 69.0 Å². The molecule has 2 aliphatic heterocycles. The Morgan fingerprint density at radius 3 is 1.50 bits per heavy atom. The molecule has 18 heteroatoms. The summed E-state index contributed by atoms with van der Waals surface area (Å²) in [7, 11) is 3.11. The molecule has 6 aromatic rings. The summed E-state index contributed by atoms with van der Waals surface area (Å²) in [5, 5.41) is 9.73. The van der Waals surface area contributed by atoms with Crippen molar-refractivity contribution >= 4 is 38.4 Å². The molecule has 5 N–H and O–H groups in total. The number of aliphatic imine (C=N–C) groups is 2. The van der Waals surface area contributed by atoms with Gasteiger partial charge in [0.05, 0.1) is 12.3 Å². The second-order valence-electron chi connectivity index (χ2n) is 14.2. The first-order chi connectivity index (χ1) is 28.8. The Morgan fingerprint density at radius 1 is 0.694 bits per heavy atom. The molecular weight excluding hydrogens is 804 g/mol. The molecule has 2 aromatic carbocycles. The molecule has 0 fully saturated rings. The number of guanidine groups is 2. The number of amides is 2. The monoisotopic (exact) mass is 847 g/mol. The molecule has 2 aliphatic rings. The van der Waals surface area contributed by atoms with E-state index in [0.717, 1.165) is 6.29 Å². The largest absolute Gasteiger partial charge is 1.00 e. The van der Waals surface area contributed by atoms with Gasteiger partial charge in [0.15, 0.2) is 29.3 Å². The number of aliphatic hydroxyl groups is 1. The molecule has 2 unspecified atom stereocenters. The third-order valence-corrected chi connectivity index (χ3v) is 10.9. The first-order valence-corrected chi connectivity index (χ1v) is 19.0. The zero-order valence-electron chi connectivity index (χ0n) is 35.8. The number of rotatable bonds is 10. The third-order valence-electron chi connectivity index (χ3n) is 10.9. The number of benzene rings is 2. The van der Waals surface area contributed by atoms with Crippen LogP contribution in [-0.2, 0) is 40.4 Å². The molecule has 2 atom stereocenters. The van der Waals surface area contributed by atoms with E-state index < -0.39 is 23.0 Å². The Labute approximate surface area is 382 Å². The van der Waals surface area contributed by atoms with Crippen molar-refractivity contribution in [2.75, 3.05) is 14.1 Å². The molecule has 2 amide bonds. The quantitative estimate of drug-likeness (QED) is 0.105. The topological polar surface area (TPSA) is 190 Å². The number of hydrogen-bond acceptors (Lipinski definition) is 10. The van der Waals surface area contributed by atoms with Crippen LogP contribution in [0.25, 0.3) is 22.3 Å². The molecule has 3 radical (unpaired) electrons. The van der Waals surface area contributed by atoms with Crippen molar-refractivity contribution in [2.24, 2.45) is 21.5 Å². The van der Waals surface area contributed by atoms with Gasteiger partial charge in [0.1, 0.15) is 0 Å². The molecule has 4 aromatic heterocycles. The van der Waals surface area contributed by atoms with Gasteiger partial charge in [-0.2, -0.15) is 8.78 Å². The van der Waals surface area contributed by atoms with Crippen LogP contribution in [0.2, 0.25) is 0 Å². The second-order valence-corrected chi connectivity index (χ2v) is 14.2. The number of aldehydes is 1. The summed E-state index contributed by atoms with van der Waals surface area (Å²) < 4.78 is 32.2. The third kappa shape index (κ3) is 7.88. The number of aliphatic hydroxyl groups excluding tert-OH is 1.